The van der Waals surface area contributed by atoms with Gasteiger partial charge in [0, 0.05) is 5.54 Å². The summed E-state index contributed by atoms with van der Waals surface area (Å²) in [6, 6.07) is 18.0. The Morgan fingerprint density at radius 3 is 1.30 bits per heavy atom. The third kappa shape index (κ3) is 8.96. The van der Waals surface area contributed by atoms with Gasteiger partial charge in [0.1, 0.15) is 0 Å². The predicted molar refractivity (Wildman–Crippen MR) is 140 cm³/mol. The number of rotatable bonds is 9. The molecule has 0 heterocycles. The van der Waals surface area contributed by atoms with Gasteiger partial charge in [-0.3, -0.25) is 0 Å². The van der Waals surface area contributed by atoms with Crippen molar-refractivity contribution in [2.45, 2.75) is 99.0 Å². The van der Waals surface area contributed by atoms with Gasteiger partial charge in [0.15, 0.2) is 0 Å². The van der Waals surface area contributed by atoms with Crippen LogP contribution < -0.4 is 15.4 Å². The van der Waals surface area contributed by atoms with Gasteiger partial charge in [-0.2, -0.15) is 0 Å². The minimum atomic E-state index is -2.52. The Hall–Kier alpha value is -1.09. The summed E-state index contributed by atoms with van der Waals surface area (Å²) in [4.78, 5) is 3.79. The standard InChI is InChI=1S/C24H36ClNSi.C3H8/c1-6-8-10-20-12-16-22(17-13-20)27(25,26-24(3,4)5)23-18-14-21(15-19-23)11-9-7-2;1-3-2/h12-19,26H,6-11H2,1-5H3;3H2,1-2H3. The van der Waals surface area contributed by atoms with Crippen molar-refractivity contribution in [1.29, 1.82) is 0 Å². The Bertz CT molecular complexity index is 650. The maximum absolute atomic E-state index is 7.42. The maximum atomic E-state index is 7.42. The summed E-state index contributed by atoms with van der Waals surface area (Å²) in [5.41, 5.74) is 2.76. The Balaban J connectivity index is 0.00000141. The fraction of sp³-hybridized carbons (Fsp3) is 0.556. The molecular weight excluding hydrogens is 402 g/mol. The zero-order valence-electron chi connectivity index (χ0n) is 20.4. The lowest BCUT2D eigenvalue weighted by atomic mass is 10.1. The number of hydrogen-bond acceptors (Lipinski definition) is 1. The lowest BCUT2D eigenvalue weighted by Crippen LogP contribution is -2.69. The van der Waals surface area contributed by atoms with Crippen molar-refractivity contribution in [1.82, 2.24) is 4.98 Å². The molecule has 0 aliphatic heterocycles. The first-order valence-electron chi connectivity index (χ1n) is 11.9. The van der Waals surface area contributed by atoms with Crippen LogP contribution in [0.1, 0.15) is 91.7 Å². The molecular formula is C27H44ClNSi. The lowest BCUT2D eigenvalue weighted by molar-refractivity contribution is 0.520. The molecule has 0 saturated heterocycles. The second-order valence-electron chi connectivity index (χ2n) is 9.34. The molecule has 1 N–H and O–H groups in total. The molecule has 0 unspecified atom stereocenters. The average Bonchev–Trinajstić information content (AvgIpc) is 2.70. The fourth-order valence-electron chi connectivity index (χ4n) is 3.39. The highest BCUT2D eigenvalue weighted by molar-refractivity contribution is 7.32. The van der Waals surface area contributed by atoms with E-state index in [9.17, 15) is 0 Å². The highest BCUT2D eigenvalue weighted by Gasteiger charge is 2.39. The Kier molecular flexibility index (Phi) is 12.0. The van der Waals surface area contributed by atoms with Crippen LogP contribution in [0.2, 0.25) is 0 Å². The molecule has 1 nitrogen and oxygen atoms in total. The molecule has 0 spiro atoms. The van der Waals surface area contributed by atoms with E-state index in [0.717, 1.165) is 12.8 Å². The van der Waals surface area contributed by atoms with E-state index in [0.29, 0.717) is 0 Å². The second kappa shape index (κ2) is 13.3. The Morgan fingerprint density at radius 1 is 0.700 bits per heavy atom. The first-order valence-corrected chi connectivity index (χ1v) is 14.9. The summed E-state index contributed by atoms with van der Waals surface area (Å²) >= 11 is 7.42. The normalized spacial score (nSPS) is 11.7. The summed E-state index contributed by atoms with van der Waals surface area (Å²) in [5.74, 6) is 0. The lowest BCUT2D eigenvalue weighted by Gasteiger charge is -2.34. The van der Waals surface area contributed by atoms with E-state index in [1.54, 1.807) is 0 Å². The van der Waals surface area contributed by atoms with E-state index >= 15 is 0 Å². The van der Waals surface area contributed by atoms with Crippen molar-refractivity contribution < 1.29 is 0 Å². The molecule has 0 aliphatic carbocycles. The van der Waals surface area contributed by atoms with Crippen molar-refractivity contribution in [2.24, 2.45) is 0 Å². The topological polar surface area (TPSA) is 12.0 Å². The number of unbranched alkanes of at least 4 members (excludes halogenated alkanes) is 2. The maximum Gasteiger partial charge on any atom is 0.289 e. The summed E-state index contributed by atoms with van der Waals surface area (Å²) in [5, 5.41) is 2.47. The van der Waals surface area contributed by atoms with Crippen LogP contribution in [-0.2, 0) is 12.8 Å². The number of hydrogen-bond donors (Lipinski definition) is 1. The number of benzene rings is 2. The van der Waals surface area contributed by atoms with Crippen molar-refractivity contribution in [2.75, 3.05) is 0 Å². The molecule has 0 atom stereocenters. The van der Waals surface area contributed by atoms with Crippen LogP contribution in [0.5, 0.6) is 0 Å². The average molecular weight is 446 g/mol. The molecule has 0 aliphatic rings. The van der Waals surface area contributed by atoms with E-state index in [4.69, 9.17) is 11.1 Å². The van der Waals surface area contributed by atoms with Crippen LogP contribution in [0.15, 0.2) is 48.5 Å². The van der Waals surface area contributed by atoms with Gasteiger partial charge in [0.25, 0.3) is 7.55 Å². The number of nitrogens with one attached hydrogen (secondary N) is 1. The second-order valence-corrected chi connectivity index (χ2v) is 13.8. The Labute approximate surface area is 192 Å². The van der Waals surface area contributed by atoms with E-state index in [1.165, 1.54) is 53.6 Å². The van der Waals surface area contributed by atoms with Gasteiger partial charge in [-0.1, -0.05) is 95.5 Å². The molecule has 2 rings (SSSR count). The molecule has 30 heavy (non-hydrogen) atoms. The zero-order chi connectivity index (χ0) is 22.6. The van der Waals surface area contributed by atoms with Crippen LogP contribution in [-0.4, -0.2) is 13.1 Å². The molecule has 0 fully saturated rings. The summed E-state index contributed by atoms with van der Waals surface area (Å²) < 4.78 is 0. The first-order chi connectivity index (χ1) is 14.2. The van der Waals surface area contributed by atoms with Crippen LogP contribution in [0.3, 0.4) is 0 Å². The molecule has 0 bridgehead atoms. The van der Waals surface area contributed by atoms with Gasteiger partial charge in [0.2, 0.25) is 0 Å². The van der Waals surface area contributed by atoms with E-state index in [2.05, 4.69) is 102 Å². The van der Waals surface area contributed by atoms with Gasteiger partial charge in [-0.05, 0) is 68.0 Å². The van der Waals surface area contributed by atoms with E-state index < -0.39 is 7.55 Å². The van der Waals surface area contributed by atoms with Crippen molar-refractivity contribution in [3.63, 3.8) is 0 Å². The molecule has 0 saturated carbocycles. The third-order valence-corrected chi connectivity index (χ3v) is 9.83. The molecule has 0 aromatic heterocycles. The number of aryl methyl sites for hydroxylation is 2. The summed E-state index contributed by atoms with van der Waals surface area (Å²) in [6.07, 6.45) is 8.47. The van der Waals surface area contributed by atoms with Gasteiger partial charge >= 0.3 is 0 Å². The van der Waals surface area contributed by atoms with E-state index in [1.807, 2.05) is 0 Å². The Morgan fingerprint density at radius 2 is 1.03 bits per heavy atom. The van der Waals surface area contributed by atoms with Gasteiger partial charge in [-0.25, -0.2) is 0 Å². The summed E-state index contributed by atoms with van der Waals surface area (Å²) in [7, 11) is -2.52. The van der Waals surface area contributed by atoms with E-state index in [-0.39, 0.29) is 5.54 Å². The van der Waals surface area contributed by atoms with Crippen LogP contribution >= 0.6 is 11.1 Å². The largest absolute Gasteiger partial charge is 0.314 e. The molecule has 0 amide bonds. The van der Waals surface area contributed by atoms with Crippen LogP contribution in [0, 0.1) is 0 Å². The quantitative estimate of drug-likeness (QED) is 0.324. The van der Waals surface area contributed by atoms with Gasteiger partial charge < -0.3 is 4.98 Å². The number of halogens is 1. The van der Waals surface area contributed by atoms with Crippen LogP contribution in [0.25, 0.3) is 0 Å². The highest BCUT2D eigenvalue weighted by Crippen LogP contribution is 2.15. The minimum absolute atomic E-state index is 0.0459. The third-order valence-electron chi connectivity index (χ3n) is 4.89. The molecule has 2 aromatic rings. The monoisotopic (exact) mass is 445 g/mol. The smallest absolute Gasteiger partial charge is 0.289 e. The molecule has 2 aromatic carbocycles. The molecule has 0 radical (unpaired) electrons. The van der Waals surface area contributed by atoms with Crippen molar-refractivity contribution in [3.05, 3.63) is 59.7 Å². The van der Waals surface area contributed by atoms with Gasteiger partial charge in [0.05, 0.1) is 0 Å². The van der Waals surface area contributed by atoms with Crippen molar-refractivity contribution in [3.8, 4) is 0 Å². The molecule has 168 valence electrons. The van der Waals surface area contributed by atoms with Crippen LogP contribution in [0.4, 0.5) is 0 Å². The first kappa shape index (κ1) is 26.9. The molecule has 3 heteroatoms. The minimum Gasteiger partial charge on any atom is -0.314 e. The highest BCUT2D eigenvalue weighted by atomic mass is 35.6. The summed E-state index contributed by atoms with van der Waals surface area (Å²) in [6.45, 7) is 15.3. The predicted octanol–water partition coefficient (Wildman–Crippen LogP) is 6.97. The van der Waals surface area contributed by atoms with Gasteiger partial charge in [-0.15, -0.1) is 11.1 Å². The SMILES string of the molecule is CCC.CCCCc1ccc([Si](Cl)(NC(C)(C)C)c2ccc(CCCC)cc2)cc1. The zero-order valence-corrected chi connectivity index (χ0v) is 22.2. The van der Waals surface area contributed by atoms with Crippen molar-refractivity contribution >= 4 is 29.0 Å². The fourth-order valence-corrected chi connectivity index (χ4v) is 7.91.